The first-order chi connectivity index (χ1) is 12.6. The molecule has 7 nitrogen and oxygen atoms in total. The van der Waals surface area contributed by atoms with Crippen LogP contribution in [0.4, 0.5) is 0 Å². The Bertz CT molecular complexity index is 905. The number of nitrogens with zero attached hydrogens (tertiary/aromatic N) is 2. The van der Waals surface area contributed by atoms with Gasteiger partial charge in [0, 0.05) is 17.8 Å². The molecule has 0 bridgehead atoms. The zero-order valence-electron chi connectivity index (χ0n) is 15.8. The molecule has 0 radical (unpaired) electrons. The van der Waals surface area contributed by atoms with Gasteiger partial charge in [-0.15, -0.1) is 0 Å². The van der Waals surface area contributed by atoms with Crippen LogP contribution in [0, 0.1) is 13.8 Å². The van der Waals surface area contributed by atoms with Crippen molar-refractivity contribution in [3.8, 4) is 0 Å². The SMILES string of the molecule is CSc1nc(C)c(CCC(=O)N[C@@H](C)c2ccc(S(N)(=O)=O)cc2)c(C)n1. The fourth-order valence-corrected chi connectivity index (χ4v) is 3.72. The van der Waals surface area contributed by atoms with Crippen molar-refractivity contribution in [3.63, 3.8) is 0 Å². The quantitative estimate of drug-likeness (QED) is 0.536. The van der Waals surface area contributed by atoms with E-state index in [0.29, 0.717) is 12.8 Å². The van der Waals surface area contributed by atoms with Gasteiger partial charge < -0.3 is 5.32 Å². The van der Waals surface area contributed by atoms with Gasteiger partial charge in [-0.25, -0.2) is 23.5 Å². The molecule has 0 aliphatic rings. The standard InChI is InChI=1S/C18H24N4O3S2/c1-11(14-5-7-15(8-6-14)27(19,24)25)20-17(23)10-9-16-12(2)21-18(26-4)22-13(16)3/h5-8,11H,9-10H2,1-4H3,(H,20,23)(H2,19,24,25)/t11-/m0/s1. The fraction of sp³-hybridized carbons (Fsp3) is 0.389. The highest BCUT2D eigenvalue weighted by Gasteiger charge is 2.14. The van der Waals surface area contributed by atoms with Gasteiger partial charge in [-0.2, -0.15) is 0 Å². The van der Waals surface area contributed by atoms with Crippen molar-refractivity contribution in [1.29, 1.82) is 0 Å². The van der Waals surface area contributed by atoms with Crippen LogP contribution in [0.3, 0.4) is 0 Å². The number of amides is 1. The second-order valence-electron chi connectivity index (χ2n) is 6.26. The Hall–Kier alpha value is -1.97. The monoisotopic (exact) mass is 408 g/mol. The summed E-state index contributed by atoms with van der Waals surface area (Å²) in [5.41, 5.74) is 3.58. The summed E-state index contributed by atoms with van der Waals surface area (Å²) in [6.07, 6.45) is 2.82. The first-order valence-electron chi connectivity index (χ1n) is 8.42. The maximum atomic E-state index is 12.3. The van der Waals surface area contributed by atoms with Gasteiger partial charge in [0.2, 0.25) is 15.9 Å². The second-order valence-corrected chi connectivity index (χ2v) is 8.60. The van der Waals surface area contributed by atoms with Crippen LogP contribution in [0.25, 0.3) is 0 Å². The highest BCUT2D eigenvalue weighted by Crippen LogP contribution is 2.18. The largest absolute Gasteiger partial charge is 0.350 e. The van der Waals surface area contributed by atoms with Crippen molar-refractivity contribution in [3.05, 3.63) is 46.8 Å². The number of nitrogens with two attached hydrogens (primary N) is 1. The van der Waals surface area contributed by atoms with Gasteiger partial charge in [-0.1, -0.05) is 23.9 Å². The molecule has 2 rings (SSSR count). The Balaban J connectivity index is 1.98. The van der Waals surface area contributed by atoms with Crippen LogP contribution < -0.4 is 10.5 Å². The van der Waals surface area contributed by atoms with E-state index in [1.807, 2.05) is 27.0 Å². The van der Waals surface area contributed by atoms with E-state index < -0.39 is 10.0 Å². The van der Waals surface area contributed by atoms with Gasteiger partial charge in [-0.3, -0.25) is 4.79 Å². The molecule has 1 heterocycles. The molecule has 1 atom stereocenters. The lowest BCUT2D eigenvalue weighted by Crippen LogP contribution is -2.27. The van der Waals surface area contributed by atoms with Crippen molar-refractivity contribution in [2.75, 3.05) is 6.26 Å². The fourth-order valence-electron chi connectivity index (χ4n) is 2.74. The average Bonchev–Trinajstić information content (AvgIpc) is 2.60. The summed E-state index contributed by atoms with van der Waals surface area (Å²) in [5.74, 6) is -0.0919. The van der Waals surface area contributed by atoms with Crippen LogP contribution in [0.1, 0.15) is 41.9 Å². The maximum Gasteiger partial charge on any atom is 0.238 e. The lowest BCUT2D eigenvalue weighted by atomic mass is 10.1. The first kappa shape index (κ1) is 21.3. The van der Waals surface area contributed by atoms with Crippen molar-refractivity contribution in [1.82, 2.24) is 15.3 Å². The lowest BCUT2D eigenvalue weighted by Gasteiger charge is -2.15. The minimum Gasteiger partial charge on any atom is -0.350 e. The predicted octanol–water partition coefficient (Wildman–Crippen LogP) is 2.27. The Kier molecular flexibility index (Phi) is 6.96. The Morgan fingerprint density at radius 1 is 1.19 bits per heavy atom. The van der Waals surface area contributed by atoms with Crippen LogP contribution in [-0.4, -0.2) is 30.5 Å². The van der Waals surface area contributed by atoms with Crippen LogP contribution in [0.5, 0.6) is 0 Å². The number of sulfonamides is 1. The molecule has 1 aromatic carbocycles. The number of thioether (sulfide) groups is 1. The van der Waals surface area contributed by atoms with Crippen LogP contribution in [-0.2, 0) is 21.2 Å². The number of hydrogen-bond acceptors (Lipinski definition) is 6. The number of hydrogen-bond donors (Lipinski definition) is 2. The van der Waals surface area contributed by atoms with E-state index in [1.165, 1.54) is 23.9 Å². The minimum absolute atomic E-state index is 0.0458. The van der Waals surface area contributed by atoms with Gasteiger partial charge >= 0.3 is 0 Å². The molecule has 0 unspecified atom stereocenters. The van der Waals surface area contributed by atoms with E-state index in [0.717, 1.165) is 27.7 Å². The number of carbonyl (C=O) groups is 1. The molecule has 1 aromatic heterocycles. The molecule has 0 spiro atoms. The van der Waals surface area contributed by atoms with Crippen molar-refractivity contribution in [2.24, 2.45) is 5.14 Å². The summed E-state index contributed by atoms with van der Waals surface area (Å²) >= 11 is 1.49. The molecule has 3 N–H and O–H groups in total. The summed E-state index contributed by atoms with van der Waals surface area (Å²) < 4.78 is 22.6. The zero-order chi connectivity index (χ0) is 20.2. The molecule has 0 saturated heterocycles. The third-order valence-corrected chi connectivity index (χ3v) is 5.75. The molecule has 27 heavy (non-hydrogen) atoms. The van der Waals surface area contributed by atoms with Crippen LogP contribution in [0.15, 0.2) is 34.3 Å². The van der Waals surface area contributed by atoms with Crippen molar-refractivity contribution in [2.45, 2.75) is 49.7 Å². The molecule has 2 aromatic rings. The summed E-state index contributed by atoms with van der Waals surface area (Å²) in [5, 5.41) is 8.74. The molecule has 146 valence electrons. The summed E-state index contributed by atoms with van der Waals surface area (Å²) in [6, 6.07) is 5.92. The second kappa shape index (κ2) is 8.81. The Morgan fingerprint density at radius 3 is 2.22 bits per heavy atom. The molecule has 0 fully saturated rings. The smallest absolute Gasteiger partial charge is 0.238 e. The van der Waals surface area contributed by atoms with Gasteiger partial charge in [0.05, 0.1) is 10.9 Å². The van der Waals surface area contributed by atoms with Crippen molar-refractivity contribution < 1.29 is 13.2 Å². The van der Waals surface area contributed by atoms with E-state index in [9.17, 15) is 13.2 Å². The first-order valence-corrected chi connectivity index (χ1v) is 11.2. The summed E-state index contributed by atoms with van der Waals surface area (Å²) in [6.45, 7) is 5.70. The van der Waals surface area contributed by atoms with E-state index in [4.69, 9.17) is 5.14 Å². The lowest BCUT2D eigenvalue weighted by molar-refractivity contribution is -0.121. The van der Waals surface area contributed by atoms with Crippen LogP contribution in [0.2, 0.25) is 0 Å². The van der Waals surface area contributed by atoms with Gasteiger partial charge in [0.25, 0.3) is 0 Å². The number of benzene rings is 1. The van der Waals surface area contributed by atoms with Gasteiger partial charge in [0.1, 0.15) is 0 Å². The molecule has 0 saturated carbocycles. The number of primary sulfonamides is 1. The van der Waals surface area contributed by atoms with E-state index >= 15 is 0 Å². The topological polar surface area (TPSA) is 115 Å². The van der Waals surface area contributed by atoms with E-state index in [1.54, 1.807) is 12.1 Å². The summed E-state index contributed by atoms with van der Waals surface area (Å²) in [4.78, 5) is 21.2. The zero-order valence-corrected chi connectivity index (χ0v) is 17.4. The third kappa shape index (κ3) is 5.75. The number of carbonyl (C=O) groups excluding carboxylic acids is 1. The molecular formula is C18H24N4O3S2. The predicted molar refractivity (Wildman–Crippen MR) is 106 cm³/mol. The number of aromatic nitrogens is 2. The van der Waals surface area contributed by atoms with Crippen molar-refractivity contribution >= 4 is 27.7 Å². The van der Waals surface area contributed by atoms with E-state index in [2.05, 4.69) is 15.3 Å². The van der Waals surface area contributed by atoms with E-state index in [-0.39, 0.29) is 16.8 Å². The van der Waals surface area contributed by atoms with Gasteiger partial charge in [-0.05, 0) is 56.7 Å². The molecule has 0 aliphatic carbocycles. The highest BCUT2D eigenvalue weighted by molar-refractivity contribution is 7.98. The Labute approximate surface area is 164 Å². The highest BCUT2D eigenvalue weighted by atomic mass is 32.2. The normalized spacial score (nSPS) is 12.6. The van der Waals surface area contributed by atoms with Crippen LogP contribution >= 0.6 is 11.8 Å². The molecule has 9 heteroatoms. The molecule has 1 amide bonds. The summed E-state index contributed by atoms with van der Waals surface area (Å²) in [7, 11) is -3.72. The third-order valence-electron chi connectivity index (χ3n) is 4.27. The molecular weight excluding hydrogens is 384 g/mol. The number of nitrogens with one attached hydrogen (secondary N) is 1. The maximum absolute atomic E-state index is 12.3. The minimum atomic E-state index is -3.72. The molecule has 0 aliphatic heterocycles. The average molecular weight is 409 g/mol. The number of aryl methyl sites for hydroxylation is 2. The van der Waals surface area contributed by atoms with Gasteiger partial charge in [0.15, 0.2) is 5.16 Å². The number of rotatable bonds is 7. The Morgan fingerprint density at radius 2 is 1.74 bits per heavy atom.